The maximum Gasteiger partial charge on any atom is 0.321 e. The van der Waals surface area contributed by atoms with Crippen LogP contribution in [0.3, 0.4) is 0 Å². The van der Waals surface area contributed by atoms with Crippen LogP contribution >= 0.6 is 0 Å². The molecular formula is C26H36N4O3. The van der Waals surface area contributed by atoms with E-state index in [0.29, 0.717) is 25.9 Å². The van der Waals surface area contributed by atoms with Crippen molar-refractivity contribution < 1.29 is 14.4 Å². The number of nitrogens with one attached hydrogen (secondary N) is 3. The molecule has 178 valence electrons. The van der Waals surface area contributed by atoms with E-state index in [2.05, 4.69) is 20.9 Å². The molecule has 1 heterocycles. The van der Waals surface area contributed by atoms with Gasteiger partial charge in [0.25, 0.3) is 0 Å². The number of urea groups is 1. The van der Waals surface area contributed by atoms with E-state index in [1.807, 2.05) is 37.3 Å². The van der Waals surface area contributed by atoms with Gasteiger partial charge in [0.15, 0.2) is 0 Å². The molecular weight excluding hydrogens is 416 g/mol. The molecule has 1 atom stereocenters. The second kappa shape index (κ2) is 9.09. The third-order valence-electron chi connectivity index (χ3n) is 8.52. The van der Waals surface area contributed by atoms with Crippen molar-refractivity contribution in [1.29, 1.82) is 0 Å². The molecule has 1 saturated heterocycles. The Morgan fingerprint density at radius 3 is 2.09 bits per heavy atom. The fraction of sp³-hybridized carbons (Fsp3) is 0.654. The molecule has 0 aromatic heterocycles. The van der Waals surface area contributed by atoms with Crippen molar-refractivity contribution in [3.05, 3.63) is 30.3 Å². The molecule has 0 radical (unpaired) electrons. The molecule has 3 N–H and O–H groups in total. The fourth-order valence-electron chi connectivity index (χ4n) is 7.23. The Bertz CT molecular complexity index is 859. The van der Waals surface area contributed by atoms with E-state index in [-0.39, 0.29) is 29.3 Å². The van der Waals surface area contributed by atoms with Gasteiger partial charge in [0, 0.05) is 17.1 Å². The molecule has 7 nitrogen and oxygen atoms in total. The van der Waals surface area contributed by atoms with Gasteiger partial charge in [0.1, 0.15) is 0 Å². The molecule has 7 heteroatoms. The van der Waals surface area contributed by atoms with Crippen LogP contribution in [-0.4, -0.2) is 47.4 Å². The second-order valence-corrected chi connectivity index (χ2v) is 11.0. The number of carbonyl (C=O) groups is 3. The quantitative estimate of drug-likeness (QED) is 0.638. The minimum Gasteiger partial charge on any atom is -0.332 e. The van der Waals surface area contributed by atoms with Gasteiger partial charge in [-0.1, -0.05) is 18.2 Å². The Hall–Kier alpha value is -2.41. The van der Waals surface area contributed by atoms with Crippen molar-refractivity contribution in [2.24, 2.45) is 23.7 Å². The maximum atomic E-state index is 12.8. The second-order valence-electron chi connectivity index (χ2n) is 11.0. The van der Waals surface area contributed by atoms with Crippen LogP contribution in [-0.2, 0) is 9.59 Å². The standard InChI is InChI=1S/C26H36N4O3/c1-17(30-9-7-21(8-10-30)24(32)27-22-5-3-2-4-6-22)23(31)28-25(33)29-26-14-18-11-19(15-26)13-20(12-18)16-26/h2-6,17-21H,7-16H2,1H3,(H,27,32)(H2,28,29,31,33)/t17-,18?,19?,20?,26?/m0/s1. The van der Waals surface area contributed by atoms with Gasteiger partial charge in [-0.25, -0.2) is 4.79 Å². The van der Waals surface area contributed by atoms with E-state index in [1.54, 1.807) is 0 Å². The highest BCUT2D eigenvalue weighted by molar-refractivity contribution is 5.97. The minimum atomic E-state index is -0.398. The molecule has 1 aromatic rings. The number of nitrogens with zero attached hydrogens (tertiary/aromatic N) is 1. The zero-order valence-corrected chi connectivity index (χ0v) is 19.5. The van der Waals surface area contributed by atoms with Crippen molar-refractivity contribution in [2.75, 3.05) is 18.4 Å². The summed E-state index contributed by atoms with van der Waals surface area (Å²) in [6, 6.07) is 8.75. The van der Waals surface area contributed by atoms with Crippen LogP contribution in [0, 0.1) is 23.7 Å². The molecule has 4 saturated carbocycles. The lowest BCUT2D eigenvalue weighted by atomic mass is 9.53. The van der Waals surface area contributed by atoms with Gasteiger partial charge in [-0.05, 0) is 101 Å². The number of hydrogen-bond donors (Lipinski definition) is 3. The van der Waals surface area contributed by atoms with Crippen LogP contribution < -0.4 is 16.0 Å². The van der Waals surface area contributed by atoms with Crippen molar-refractivity contribution in [3.8, 4) is 0 Å². The summed E-state index contributed by atoms with van der Waals surface area (Å²) in [5.74, 6) is 1.94. The predicted molar refractivity (Wildman–Crippen MR) is 126 cm³/mol. The number of para-hydroxylation sites is 1. The Kier molecular flexibility index (Phi) is 6.16. The first-order valence-electron chi connectivity index (χ1n) is 12.6. The first-order chi connectivity index (χ1) is 15.9. The topological polar surface area (TPSA) is 90.5 Å². The van der Waals surface area contributed by atoms with Crippen LogP contribution in [0.1, 0.15) is 58.3 Å². The number of amides is 4. The summed E-state index contributed by atoms with van der Waals surface area (Å²) in [6.07, 6.45) is 8.55. The maximum absolute atomic E-state index is 12.8. The summed E-state index contributed by atoms with van der Waals surface area (Å²) in [7, 11) is 0. The van der Waals surface area contributed by atoms with E-state index in [9.17, 15) is 14.4 Å². The summed E-state index contributed by atoms with van der Waals surface area (Å²) in [5.41, 5.74) is 0.704. The van der Waals surface area contributed by atoms with E-state index >= 15 is 0 Å². The van der Waals surface area contributed by atoms with Gasteiger partial charge >= 0.3 is 6.03 Å². The van der Waals surface area contributed by atoms with Gasteiger partial charge in [0.05, 0.1) is 6.04 Å². The number of anilines is 1. The Morgan fingerprint density at radius 2 is 1.52 bits per heavy atom. The fourth-order valence-corrected chi connectivity index (χ4v) is 7.23. The van der Waals surface area contributed by atoms with Crippen LogP contribution in [0.25, 0.3) is 0 Å². The van der Waals surface area contributed by atoms with Gasteiger partial charge in [-0.15, -0.1) is 0 Å². The summed E-state index contributed by atoms with van der Waals surface area (Å²) < 4.78 is 0. The number of piperidine rings is 1. The number of rotatable bonds is 5. The molecule has 33 heavy (non-hydrogen) atoms. The molecule has 1 aromatic carbocycles. The number of hydrogen-bond acceptors (Lipinski definition) is 4. The highest BCUT2D eigenvalue weighted by Crippen LogP contribution is 2.55. The molecule has 1 aliphatic heterocycles. The zero-order chi connectivity index (χ0) is 23.0. The van der Waals surface area contributed by atoms with E-state index in [0.717, 1.165) is 42.7 Å². The SMILES string of the molecule is C[C@@H](C(=O)NC(=O)NC12CC3CC(CC(C3)C1)C2)N1CCC(C(=O)Nc2ccccc2)CC1. The monoisotopic (exact) mass is 452 g/mol. The van der Waals surface area contributed by atoms with E-state index in [4.69, 9.17) is 0 Å². The highest BCUT2D eigenvalue weighted by Gasteiger charge is 2.51. The van der Waals surface area contributed by atoms with Gasteiger partial charge < -0.3 is 10.6 Å². The van der Waals surface area contributed by atoms with Crippen LogP contribution in [0.4, 0.5) is 10.5 Å². The molecule has 5 aliphatic rings. The average molecular weight is 453 g/mol. The normalized spacial score (nSPS) is 32.2. The van der Waals surface area contributed by atoms with Gasteiger partial charge in [-0.2, -0.15) is 0 Å². The van der Waals surface area contributed by atoms with Crippen LogP contribution in [0.5, 0.6) is 0 Å². The summed E-state index contributed by atoms with van der Waals surface area (Å²) in [5, 5.41) is 8.80. The summed E-state index contributed by atoms with van der Waals surface area (Å²) in [6.45, 7) is 3.17. The Balaban J connectivity index is 1.08. The van der Waals surface area contributed by atoms with Crippen molar-refractivity contribution in [3.63, 3.8) is 0 Å². The minimum absolute atomic E-state index is 0.0351. The van der Waals surface area contributed by atoms with Crippen LogP contribution in [0.2, 0.25) is 0 Å². The van der Waals surface area contributed by atoms with E-state index in [1.165, 1.54) is 19.3 Å². The van der Waals surface area contributed by atoms with Crippen LogP contribution in [0.15, 0.2) is 30.3 Å². The lowest BCUT2D eigenvalue weighted by Crippen LogP contribution is -2.62. The third kappa shape index (κ3) is 4.93. The molecule has 4 aliphatic carbocycles. The first kappa shape index (κ1) is 22.4. The molecule has 4 bridgehead atoms. The highest BCUT2D eigenvalue weighted by atomic mass is 16.2. The van der Waals surface area contributed by atoms with Crippen molar-refractivity contribution in [1.82, 2.24) is 15.5 Å². The van der Waals surface area contributed by atoms with Crippen molar-refractivity contribution in [2.45, 2.75) is 69.9 Å². The first-order valence-corrected chi connectivity index (χ1v) is 12.6. The lowest BCUT2D eigenvalue weighted by Gasteiger charge is -2.56. The smallest absolute Gasteiger partial charge is 0.321 e. The number of likely N-dealkylation sites (tertiary alicyclic amines) is 1. The van der Waals surface area contributed by atoms with Crippen molar-refractivity contribution >= 4 is 23.5 Å². The lowest BCUT2D eigenvalue weighted by molar-refractivity contribution is -0.126. The number of imide groups is 1. The number of carbonyl (C=O) groups excluding carboxylic acids is 3. The summed E-state index contributed by atoms with van der Waals surface area (Å²) >= 11 is 0. The average Bonchev–Trinajstić information content (AvgIpc) is 2.78. The van der Waals surface area contributed by atoms with Gasteiger partial charge in [-0.3, -0.25) is 19.8 Å². The third-order valence-corrected chi connectivity index (χ3v) is 8.52. The Labute approximate surface area is 196 Å². The predicted octanol–water partition coefficient (Wildman–Crippen LogP) is 3.52. The number of benzene rings is 1. The largest absolute Gasteiger partial charge is 0.332 e. The molecule has 0 unspecified atom stereocenters. The summed E-state index contributed by atoms with van der Waals surface area (Å²) in [4.78, 5) is 40.2. The molecule has 4 amide bonds. The van der Waals surface area contributed by atoms with Gasteiger partial charge in [0.2, 0.25) is 11.8 Å². The van der Waals surface area contributed by atoms with E-state index < -0.39 is 6.04 Å². The molecule has 6 rings (SSSR count). The zero-order valence-electron chi connectivity index (χ0n) is 19.5. The Morgan fingerprint density at radius 1 is 0.939 bits per heavy atom. The molecule has 0 spiro atoms. The molecule has 5 fully saturated rings.